The van der Waals surface area contributed by atoms with E-state index in [1.165, 1.54) is 36.7 Å². The molecule has 0 saturated heterocycles. The Labute approximate surface area is 148 Å². The Kier molecular flexibility index (Phi) is 4.48. The van der Waals surface area contributed by atoms with Gasteiger partial charge in [0.1, 0.15) is 5.82 Å². The van der Waals surface area contributed by atoms with Crippen LogP contribution in [0.1, 0.15) is 49.8 Å². The van der Waals surface area contributed by atoms with E-state index in [2.05, 4.69) is 25.7 Å². The van der Waals surface area contributed by atoms with Gasteiger partial charge in [-0.15, -0.1) is 15.3 Å². The van der Waals surface area contributed by atoms with E-state index in [1.54, 1.807) is 12.1 Å². The van der Waals surface area contributed by atoms with Crippen molar-refractivity contribution in [2.45, 2.75) is 49.1 Å². The number of tetrazole rings is 1. The number of rotatable bonds is 5. The molecule has 3 aromatic rings. The first kappa shape index (κ1) is 16.2. The number of hydrogen-bond acceptors (Lipinski definition) is 7. The van der Waals surface area contributed by atoms with Gasteiger partial charge in [0, 0.05) is 5.56 Å². The fraction of sp³-hybridized carbons (Fsp3) is 0.438. The molecule has 0 N–H and O–H groups in total. The lowest BCUT2D eigenvalue weighted by Gasteiger charge is -2.12. The molecule has 1 aliphatic carbocycles. The summed E-state index contributed by atoms with van der Waals surface area (Å²) in [4.78, 5) is 0. The van der Waals surface area contributed by atoms with Crippen LogP contribution in [0.25, 0.3) is 11.5 Å². The zero-order chi connectivity index (χ0) is 17.2. The molecule has 0 radical (unpaired) electrons. The van der Waals surface area contributed by atoms with Gasteiger partial charge in [-0.25, -0.2) is 9.07 Å². The molecular formula is C16H17FN6OS. The van der Waals surface area contributed by atoms with Gasteiger partial charge in [-0.1, -0.05) is 24.6 Å². The van der Waals surface area contributed by atoms with Crippen molar-refractivity contribution in [2.75, 3.05) is 0 Å². The monoisotopic (exact) mass is 360 g/mol. The van der Waals surface area contributed by atoms with Crippen molar-refractivity contribution in [1.82, 2.24) is 30.4 Å². The molecule has 0 aliphatic heterocycles. The molecule has 1 aromatic carbocycles. The second-order valence-electron chi connectivity index (χ2n) is 6.06. The van der Waals surface area contributed by atoms with Gasteiger partial charge in [0.15, 0.2) is 0 Å². The van der Waals surface area contributed by atoms with E-state index in [-0.39, 0.29) is 11.1 Å². The summed E-state index contributed by atoms with van der Waals surface area (Å²) in [7, 11) is 0. The molecular weight excluding hydrogens is 343 g/mol. The third-order valence-electron chi connectivity index (χ3n) is 4.29. The van der Waals surface area contributed by atoms with Crippen molar-refractivity contribution < 1.29 is 8.81 Å². The topological polar surface area (TPSA) is 82.5 Å². The van der Waals surface area contributed by atoms with E-state index in [1.807, 2.05) is 11.6 Å². The molecule has 0 spiro atoms. The quantitative estimate of drug-likeness (QED) is 0.639. The summed E-state index contributed by atoms with van der Waals surface area (Å²) in [6, 6.07) is 6.35. The Balaban J connectivity index is 1.49. The van der Waals surface area contributed by atoms with Crippen molar-refractivity contribution in [3.63, 3.8) is 0 Å². The number of thioether (sulfide) groups is 1. The lowest BCUT2D eigenvalue weighted by atomic mass is 10.2. The molecule has 0 amide bonds. The Morgan fingerprint density at radius 2 is 1.92 bits per heavy atom. The highest BCUT2D eigenvalue weighted by atomic mass is 32.2. The number of nitrogens with zero attached hydrogens (tertiary/aromatic N) is 6. The Hall–Kier alpha value is -2.29. The van der Waals surface area contributed by atoms with Gasteiger partial charge in [-0.3, -0.25) is 0 Å². The molecule has 2 heterocycles. The van der Waals surface area contributed by atoms with Crippen LogP contribution in [-0.2, 0) is 0 Å². The minimum absolute atomic E-state index is 0.0900. The van der Waals surface area contributed by atoms with Gasteiger partial charge in [-0.2, -0.15) is 0 Å². The van der Waals surface area contributed by atoms with Crippen LogP contribution in [0.15, 0.2) is 33.8 Å². The number of hydrogen-bond donors (Lipinski definition) is 0. The highest BCUT2D eigenvalue weighted by Gasteiger charge is 2.24. The third-order valence-corrected chi connectivity index (χ3v) is 5.33. The molecule has 130 valence electrons. The molecule has 0 bridgehead atoms. The minimum atomic E-state index is -0.300. The smallest absolute Gasteiger partial charge is 0.247 e. The van der Waals surface area contributed by atoms with E-state index in [0.29, 0.717) is 23.4 Å². The maximum Gasteiger partial charge on any atom is 0.247 e. The third kappa shape index (κ3) is 3.41. The minimum Gasteiger partial charge on any atom is -0.419 e. The van der Waals surface area contributed by atoms with Gasteiger partial charge in [0.2, 0.25) is 16.9 Å². The predicted molar refractivity (Wildman–Crippen MR) is 89.3 cm³/mol. The van der Waals surface area contributed by atoms with Crippen LogP contribution in [0.2, 0.25) is 0 Å². The second-order valence-corrected chi connectivity index (χ2v) is 7.36. The largest absolute Gasteiger partial charge is 0.419 e. The SMILES string of the molecule is C[C@H](Sc1nnnn1C1CCCC1)c1nnc(-c2ccc(F)cc2)o1. The highest BCUT2D eigenvalue weighted by molar-refractivity contribution is 7.99. The molecule has 0 unspecified atom stereocenters. The number of halogens is 1. The summed E-state index contributed by atoms with van der Waals surface area (Å²) >= 11 is 1.50. The first-order chi connectivity index (χ1) is 12.2. The molecule has 9 heteroatoms. The summed E-state index contributed by atoms with van der Waals surface area (Å²) in [5, 5.41) is 20.9. The summed E-state index contributed by atoms with van der Waals surface area (Å²) in [5.41, 5.74) is 0.688. The maximum atomic E-state index is 13.0. The van der Waals surface area contributed by atoms with Crippen LogP contribution >= 0.6 is 11.8 Å². The summed E-state index contributed by atoms with van der Waals surface area (Å²) < 4.78 is 20.7. The lowest BCUT2D eigenvalue weighted by Crippen LogP contribution is -2.08. The molecule has 2 aromatic heterocycles. The normalized spacial score (nSPS) is 16.4. The second kappa shape index (κ2) is 6.91. The predicted octanol–water partition coefficient (Wildman–Crippen LogP) is 3.83. The maximum absolute atomic E-state index is 13.0. The standard InChI is InChI=1S/C16H17FN6OS/c1-10(25-16-20-21-22-23(16)13-4-2-3-5-13)14-18-19-15(24-14)11-6-8-12(17)9-7-11/h6-10,13H,2-5H2,1H3/t10-/m0/s1. The van der Waals surface area contributed by atoms with Crippen LogP contribution in [-0.4, -0.2) is 30.4 Å². The van der Waals surface area contributed by atoms with E-state index in [9.17, 15) is 4.39 Å². The first-order valence-corrected chi connectivity index (χ1v) is 9.12. The van der Waals surface area contributed by atoms with Gasteiger partial charge in [0.25, 0.3) is 0 Å². The summed E-state index contributed by atoms with van der Waals surface area (Å²) in [6.45, 7) is 1.97. The Bertz CT molecular complexity index is 842. The molecule has 1 aliphatic rings. The summed E-state index contributed by atoms with van der Waals surface area (Å²) in [6.07, 6.45) is 4.66. The van der Waals surface area contributed by atoms with Crippen molar-refractivity contribution in [3.8, 4) is 11.5 Å². The van der Waals surface area contributed by atoms with Gasteiger partial charge in [0.05, 0.1) is 11.3 Å². The Morgan fingerprint density at radius 3 is 2.68 bits per heavy atom. The zero-order valence-corrected chi connectivity index (χ0v) is 14.5. The van der Waals surface area contributed by atoms with E-state index >= 15 is 0 Å². The lowest BCUT2D eigenvalue weighted by molar-refractivity contribution is 0.422. The van der Waals surface area contributed by atoms with Gasteiger partial charge in [-0.05, 0) is 54.5 Å². The van der Waals surface area contributed by atoms with E-state index in [0.717, 1.165) is 18.0 Å². The average Bonchev–Trinajstić information content (AvgIpc) is 3.36. The van der Waals surface area contributed by atoms with Crippen LogP contribution in [0.5, 0.6) is 0 Å². The van der Waals surface area contributed by atoms with Crippen LogP contribution in [0, 0.1) is 5.82 Å². The number of aromatic nitrogens is 6. The highest BCUT2D eigenvalue weighted by Crippen LogP contribution is 2.37. The number of benzene rings is 1. The Morgan fingerprint density at radius 1 is 1.16 bits per heavy atom. The van der Waals surface area contributed by atoms with E-state index < -0.39 is 0 Å². The molecule has 1 saturated carbocycles. The molecule has 7 nitrogen and oxygen atoms in total. The average molecular weight is 360 g/mol. The van der Waals surface area contributed by atoms with Crippen molar-refractivity contribution in [3.05, 3.63) is 36.0 Å². The van der Waals surface area contributed by atoms with Gasteiger partial charge < -0.3 is 4.42 Å². The van der Waals surface area contributed by atoms with Crippen molar-refractivity contribution in [1.29, 1.82) is 0 Å². The van der Waals surface area contributed by atoms with Crippen LogP contribution in [0.3, 0.4) is 0 Å². The summed E-state index contributed by atoms with van der Waals surface area (Å²) in [5.74, 6) is 0.564. The fourth-order valence-electron chi connectivity index (χ4n) is 2.96. The molecule has 4 rings (SSSR count). The van der Waals surface area contributed by atoms with Crippen LogP contribution in [0.4, 0.5) is 4.39 Å². The molecule has 25 heavy (non-hydrogen) atoms. The van der Waals surface area contributed by atoms with Crippen molar-refractivity contribution >= 4 is 11.8 Å². The first-order valence-electron chi connectivity index (χ1n) is 8.24. The van der Waals surface area contributed by atoms with Gasteiger partial charge >= 0.3 is 0 Å². The van der Waals surface area contributed by atoms with E-state index in [4.69, 9.17) is 4.42 Å². The van der Waals surface area contributed by atoms with Crippen molar-refractivity contribution in [2.24, 2.45) is 0 Å². The van der Waals surface area contributed by atoms with Crippen LogP contribution < -0.4 is 0 Å². The molecule has 1 atom stereocenters. The fourth-order valence-corrected chi connectivity index (χ4v) is 3.85. The molecule has 1 fully saturated rings. The zero-order valence-electron chi connectivity index (χ0n) is 13.7.